The van der Waals surface area contributed by atoms with E-state index in [0.29, 0.717) is 4.47 Å². The Morgan fingerprint density at radius 1 is 0.571 bits per heavy atom. The predicted octanol–water partition coefficient (Wildman–Crippen LogP) is 8.16. The molecule has 8 rings (SSSR count). The number of halogens is 3. The van der Waals surface area contributed by atoms with Gasteiger partial charge in [0.15, 0.2) is 0 Å². The number of hydrogen-bond donors (Lipinski definition) is 2. The first-order valence-corrected chi connectivity index (χ1v) is 21.8. The maximum atomic E-state index is 10.3. The van der Waals surface area contributed by atoms with E-state index in [0.717, 1.165) is 21.0 Å². The van der Waals surface area contributed by atoms with Crippen LogP contribution in [0.3, 0.4) is 0 Å². The van der Waals surface area contributed by atoms with E-state index in [-0.39, 0.29) is 86.4 Å². The van der Waals surface area contributed by atoms with Crippen LogP contribution >= 0.6 is 31.9 Å². The number of aromatic nitrogens is 2. The van der Waals surface area contributed by atoms with Crippen LogP contribution in [0.15, 0.2) is 82.5 Å². The summed E-state index contributed by atoms with van der Waals surface area (Å²) >= 11 is 6.60. The molecule has 0 aliphatic carbocycles. The Bertz CT molecular complexity index is 2250. The average molecular weight is 1070 g/mol. The molecule has 5 aromatic rings. The fourth-order valence-electron chi connectivity index (χ4n) is 6.54. The molecule has 18 heteroatoms. The van der Waals surface area contributed by atoms with Crippen molar-refractivity contribution in [3.05, 3.63) is 116 Å². The largest absolute Gasteiger partial charge is 2.00 e. The van der Waals surface area contributed by atoms with Gasteiger partial charge >= 0.3 is 44.2 Å². The number of aryl methyl sites for hydroxylation is 3. The zero-order valence-corrected chi connectivity index (χ0v) is 45.6. The number of H-pyrrole nitrogens is 2. The molecular weight excluding hydrogens is 1010 g/mol. The molecule has 0 unspecified atom stereocenters. The van der Waals surface area contributed by atoms with E-state index in [9.17, 15) is 10.1 Å². The van der Waals surface area contributed by atoms with Crippen molar-refractivity contribution in [2.75, 3.05) is 0 Å². The number of nitrogens with zero attached hydrogens (tertiary/aromatic N) is 1. The minimum Gasteiger partial charge on any atom is -1.00 e. The summed E-state index contributed by atoms with van der Waals surface area (Å²) in [4.78, 5) is 16.4. The molecule has 0 radical (unpaired) electrons. The van der Waals surface area contributed by atoms with E-state index < -0.39 is 18.9 Å². The van der Waals surface area contributed by atoms with Gasteiger partial charge < -0.3 is 61.5 Å². The molecule has 0 bridgehead atoms. The van der Waals surface area contributed by atoms with Crippen molar-refractivity contribution in [1.29, 1.82) is 0 Å². The number of hydrogen-bond acceptors (Lipinski definition) is 8. The van der Waals surface area contributed by atoms with E-state index in [1.807, 2.05) is 74.7 Å². The zero-order chi connectivity index (χ0) is 46.1. The summed E-state index contributed by atoms with van der Waals surface area (Å²) in [6.45, 7) is 37.6. The zero-order valence-electron chi connectivity index (χ0n) is 39.4. The molecule has 2 aromatic heterocycles. The molecule has 3 aromatic carbocycles. The summed E-state index contributed by atoms with van der Waals surface area (Å²) in [6, 6.07) is 17.7. The standard InChI is InChI=1S/C15H20BNO2.C12H24B2O4.C9H8BrN.C7H6BrNO2.C2H3.BrH.Mg/c1-10-8-11-6-7-17-13(11)12(9-10)16-18-14(2,3)15(4,5)19-16;1-9(2)10(3,4)16-13(15-9)14-17-11(5,6)12(7,8)18-14;1-6-4-7-2-3-11-9(7)8(10)5-6;1-5-2-3-7(9(10)11)6(8)4-5;1-2;;/h6-9,17H,1-5H3;1-8H3;2-5,11H,1H3;2-4H,1H3;1H,2H2;1H;/q;;;;-1;;+2/p-1. The number of benzene rings is 3. The Labute approximate surface area is 419 Å². The molecule has 0 atom stereocenters. The molecule has 3 fully saturated rings. The third-order valence-electron chi connectivity index (χ3n) is 12.2. The number of fused-ring (bicyclic) bond motifs is 2. The maximum absolute atomic E-state index is 10.3. The molecule has 0 spiro atoms. The fourth-order valence-corrected chi connectivity index (χ4v) is 7.88. The summed E-state index contributed by atoms with van der Waals surface area (Å²) < 4.78 is 37.8. The summed E-state index contributed by atoms with van der Waals surface area (Å²) in [5.74, 6) is 0. The number of nitrogens with one attached hydrogen (secondary N) is 2. The summed E-state index contributed by atoms with van der Waals surface area (Å²) in [5.41, 5.74) is 4.92. The minimum absolute atomic E-state index is 0. The van der Waals surface area contributed by atoms with E-state index in [2.05, 4.69) is 133 Å². The Morgan fingerprint density at radius 3 is 1.35 bits per heavy atom. The van der Waals surface area contributed by atoms with Crippen LogP contribution in [0.1, 0.15) is 99.8 Å². The molecule has 3 saturated heterocycles. The topological polar surface area (TPSA) is 130 Å². The molecule has 5 heterocycles. The molecule has 11 nitrogen and oxygen atoms in total. The molecule has 0 amide bonds. The van der Waals surface area contributed by atoms with Gasteiger partial charge in [0.25, 0.3) is 5.69 Å². The smallest absolute Gasteiger partial charge is 1.00 e. The number of aromatic amines is 2. The quantitative estimate of drug-likeness (QED) is 0.0802. The van der Waals surface area contributed by atoms with Gasteiger partial charge in [0.2, 0.25) is 0 Å². The number of nitro groups is 1. The Balaban J connectivity index is 0.000000290. The van der Waals surface area contributed by atoms with Crippen LogP contribution in [0.4, 0.5) is 5.69 Å². The van der Waals surface area contributed by atoms with Gasteiger partial charge in [-0.1, -0.05) is 17.7 Å². The van der Waals surface area contributed by atoms with Crippen molar-refractivity contribution >= 4 is 109 Å². The monoisotopic (exact) mass is 1070 g/mol. The van der Waals surface area contributed by atoms with Crippen molar-refractivity contribution in [1.82, 2.24) is 9.97 Å². The first-order valence-electron chi connectivity index (χ1n) is 20.3. The Hall–Kier alpha value is -1.96. The second-order valence-electron chi connectivity index (χ2n) is 18.5. The minimum atomic E-state index is -0.476. The van der Waals surface area contributed by atoms with Crippen LogP contribution in [0.2, 0.25) is 0 Å². The molecule has 3 aliphatic heterocycles. The normalized spacial score (nSPS) is 19.2. The van der Waals surface area contributed by atoms with Gasteiger partial charge in [0.1, 0.15) is 0 Å². The van der Waals surface area contributed by atoms with Crippen LogP contribution in [-0.4, -0.2) is 92.7 Å². The van der Waals surface area contributed by atoms with Crippen LogP contribution < -0.4 is 22.4 Å². The average Bonchev–Trinajstić information content (AvgIpc) is 3.92. The van der Waals surface area contributed by atoms with Crippen LogP contribution in [-0.2, 0) is 27.9 Å². The predicted molar refractivity (Wildman–Crippen MR) is 263 cm³/mol. The van der Waals surface area contributed by atoms with Gasteiger partial charge in [-0.15, -0.1) is 0 Å². The molecular formula is C45H61B3Br3MgN3O8. The van der Waals surface area contributed by atoms with Gasteiger partial charge in [-0.05, 0) is 189 Å². The number of nitro benzene ring substituents is 1. The molecule has 0 saturated carbocycles. The van der Waals surface area contributed by atoms with Gasteiger partial charge in [0.05, 0.1) is 48.5 Å². The van der Waals surface area contributed by atoms with E-state index in [1.165, 1.54) is 33.5 Å². The van der Waals surface area contributed by atoms with Crippen molar-refractivity contribution in [2.45, 2.75) is 137 Å². The summed E-state index contributed by atoms with van der Waals surface area (Å²) in [6.07, 6.45) is 3.91. The van der Waals surface area contributed by atoms with Crippen molar-refractivity contribution in [3.8, 4) is 0 Å². The molecule has 336 valence electrons. The summed E-state index contributed by atoms with van der Waals surface area (Å²) in [7, 11) is -1.27. The first kappa shape index (κ1) is 57.2. The Morgan fingerprint density at radius 2 is 0.937 bits per heavy atom. The van der Waals surface area contributed by atoms with Crippen LogP contribution in [0.25, 0.3) is 21.8 Å². The molecule has 3 aliphatic rings. The maximum Gasteiger partial charge on any atom is 2.00 e. The Kier molecular flexibility index (Phi) is 19.8. The van der Waals surface area contributed by atoms with Gasteiger partial charge in [-0.2, -0.15) is 0 Å². The van der Waals surface area contributed by atoms with Crippen LogP contribution in [0.5, 0.6) is 0 Å². The van der Waals surface area contributed by atoms with Gasteiger partial charge in [0, 0.05) is 39.3 Å². The summed E-state index contributed by atoms with van der Waals surface area (Å²) in [5, 5.41) is 12.8. The van der Waals surface area contributed by atoms with Gasteiger partial charge in [-0.3, -0.25) is 16.7 Å². The second kappa shape index (κ2) is 21.8. The van der Waals surface area contributed by atoms with Crippen LogP contribution in [0, 0.1) is 37.5 Å². The first-order chi connectivity index (χ1) is 28.1. The fraction of sp³-hybridized carbons (Fsp3) is 0.467. The molecule has 63 heavy (non-hydrogen) atoms. The SMILES string of the molecule is CC1(C)OB(B2OC(C)(C)C(C)(C)O2)OC1(C)C.Cc1cc(B2OC(C)(C)C(C)(C)O2)c2[nH]ccc2c1.Cc1cc(Br)c2[nH]ccc2c1.Cc1ccc([N+](=O)[O-])c(Br)c1.[Br-].[CH-]=C.[Mg+2]. The van der Waals surface area contributed by atoms with Crippen molar-refractivity contribution < 1.29 is 49.8 Å². The van der Waals surface area contributed by atoms with Crippen molar-refractivity contribution in [3.63, 3.8) is 0 Å². The second-order valence-corrected chi connectivity index (χ2v) is 20.2. The van der Waals surface area contributed by atoms with E-state index in [4.69, 9.17) is 27.9 Å². The third kappa shape index (κ3) is 13.1. The van der Waals surface area contributed by atoms with Gasteiger partial charge in [-0.25, -0.2) is 0 Å². The van der Waals surface area contributed by atoms with Crippen molar-refractivity contribution in [2.24, 2.45) is 0 Å². The number of rotatable bonds is 3. The van der Waals surface area contributed by atoms with E-state index in [1.54, 1.807) is 12.1 Å². The van der Waals surface area contributed by atoms with E-state index >= 15 is 0 Å². The molecule has 2 N–H and O–H groups in total. The third-order valence-corrected chi connectivity index (χ3v) is 13.4.